The molecule has 5 nitrogen and oxygen atoms in total. The Bertz CT molecular complexity index is 792. The quantitative estimate of drug-likeness (QED) is 0.711. The summed E-state index contributed by atoms with van der Waals surface area (Å²) in [5, 5.41) is 5.74. The minimum absolute atomic E-state index is 0.160. The van der Waals surface area contributed by atoms with Crippen molar-refractivity contribution < 1.29 is 4.79 Å². The summed E-state index contributed by atoms with van der Waals surface area (Å²) in [7, 11) is 0. The van der Waals surface area contributed by atoms with Gasteiger partial charge in [0.15, 0.2) is 0 Å². The summed E-state index contributed by atoms with van der Waals surface area (Å²) < 4.78 is 0. The first-order valence-corrected chi connectivity index (χ1v) is 9.43. The standard InChI is InChI=1S/C17H18N4OS2/c1-3-21(4-2)15-8-7-12(10-18-15)20-16(22)14-11-19-17(24-14)13-6-5-9-23-13/h5-11H,3-4H2,1-2H3,(H,20,22). The molecule has 0 aromatic carbocycles. The van der Waals surface area contributed by atoms with Crippen LogP contribution in [-0.2, 0) is 0 Å². The van der Waals surface area contributed by atoms with E-state index in [9.17, 15) is 4.79 Å². The highest BCUT2D eigenvalue weighted by atomic mass is 32.1. The summed E-state index contributed by atoms with van der Waals surface area (Å²) in [5.74, 6) is 0.753. The number of amides is 1. The van der Waals surface area contributed by atoms with Crippen LogP contribution in [0.25, 0.3) is 9.88 Å². The van der Waals surface area contributed by atoms with Gasteiger partial charge >= 0.3 is 0 Å². The average Bonchev–Trinajstić information content (AvgIpc) is 3.29. The zero-order valence-corrected chi connectivity index (χ0v) is 15.2. The van der Waals surface area contributed by atoms with E-state index in [-0.39, 0.29) is 5.91 Å². The van der Waals surface area contributed by atoms with Gasteiger partial charge < -0.3 is 10.2 Å². The molecule has 7 heteroatoms. The second-order valence-corrected chi connectivity index (χ2v) is 7.02. The molecule has 0 saturated heterocycles. The molecule has 0 aliphatic carbocycles. The summed E-state index contributed by atoms with van der Waals surface area (Å²) in [6, 6.07) is 7.78. The number of carbonyl (C=O) groups excluding carboxylic acids is 1. The van der Waals surface area contributed by atoms with Gasteiger partial charge in [-0.2, -0.15) is 0 Å². The van der Waals surface area contributed by atoms with Crippen LogP contribution in [0.4, 0.5) is 11.5 Å². The molecule has 0 unspecified atom stereocenters. The van der Waals surface area contributed by atoms with Crippen molar-refractivity contribution in [1.82, 2.24) is 9.97 Å². The van der Waals surface area contributed by atoms with Crippen molar-refractivity contribution in [1.29, 1.82) is 0 Å². The van der Waals surface area contributed by atoms with Crippen LogP contribution in [0.2, 0.25) is 0 Å². The Balaban J connectivity index is 1.69. The Morgan fingerprint density at radius 3 is 2.62 bits per heavy atom. The number of anilines is 2. The number of hydrogen-bond acceptors (Lipinski definition) is 6. The lowest BCUT2D eigenvalue weighted by Crippen LogP contribution is -2.22. The molecule has 3 aromatic heterocycles. The summed E-state index contributed by atoms with van der Waals surface area (Å²) >= 11 is 3.01. The van der Waals surface area contributed by atoms with E-state index in [0.717, 1.165) is 28.8 Å². The minimum Gasteiger partial charge on any atom is -0.357 e. The van der Waals surface area contributed by atoms with Crippen LogP contribution in [-0.4, -0.2) is 29.0 Å². The van der Waals surface area contributed by atoms with Gasteiger partial charge in [-0.05, 0) is 37.4 Å². The molecule has 0 atom stereocenters. The van der Waals surface area contributed by atoms with Crippen LogP contribution in [0.15, 0.2) is 42.0 Å². The van der Waals surface area contributed by atoms with Crippen LogP contribution < -0.4 is 10.2 Å². The van der Waals surface area contributed by atoms with Crippen molar-refractivity contribution in [3.05, 3.63) is 46.9 Å². The van der Waals surface area contributed by atoms with Gasteiger partial charge in [0.25, 0.3) is 5.91 Å². The summed E-state index contributed by atoms with van der Waals surface area (Å²) in [4.78, 5) is 24.9. The number of aromatic nitrogens is 2. The van der Waals surface area contributed by atoms with Crippen molar-refractivity contribution in [2.45, 2.75) is 13.8 Å². The topological polar surface area (TPSA) is 58.1 Å². The predicted molar refractivity (Wildman–Crippen MR) is 101 cm³/mol. The third-order valence-electron chi connectivity index (χ3n) is 3.55. The van der Waals surface area contributed by atoms with Crippen LogP contribution in [0.3, 0.4) is 0 Å². The molecule has 3 heterocycles. The first kappa shape index (κ1) is 16.6. The van der Waals surface area contributed by atoms with E-state index in [0.29, 0.717) is 10.6 Å². The van der Waals surface area contributed by atoms with Gasteiger partial charge in [0.1, 0.15) is 15.7 Å². The first-order valence-electron chi connectivity index (χ1n) is 7.73. The fourth-order valence-corrected chi connectivity index (χ4v) is 3.90. The second-order valence-electron chi connectivity index (χ2n) is 5.04. The average molecular weight is 358 g/mol. The molecular formula is C17H18N4OS2. The predicted octanol–water partition coefficient (Wildman–Crippen LogP) is 4.37. The van der Waals surface area contributed by atoms with Crippen molar-refractivity contribution in [3.63, 3.8) is 0 Å². The lowest BCUT2D eigenvalue weighted by molar-refractivity contribution is 0.103. The number of nitrogens with zero attached hydrogens (tertiary/aromatic N) is 3. The monoisotopic (exact) mass is 358 g/mol. The maximum absolute atomic E-state index is 12.4. The number of hydrogen-bond donors (Lipinski definition) is 1. The van der Waals surface area contributed by atoms with E-state index in [2.05, 4.69) is 34.0 Å². The van der Waals surface area contributed by atoms with E-state index in [1.165, 1.54) is 11.3 Å². The molecule has 0 saturated carbocycles. The van der Waals surface area contributed by atoms with Crippen LogP contribution in [0.1, 0.15) is 23.5 Å². The fraction of sp³-hybridized carbons (Fsp3) is 0.235. The summed E-state index contributed by atoms with van der Waals surface area (Å²) in [6.07, 6.45) is 3.31. The van der Waals surface area contributed by atoms with Gasteiger partial charge in [-0.15, -0.1) is 22.7 Å². The van der Waals surface area contributed by atoms with Crippen molar-refractivity contribution in [2.75, 3.05) is 23.3 Å². The molecular weight excluding hydrogens is 340 g/mol. The zero-order valence-electron chi connectivity index (χ0n) is 13.5. The van der Waals surface area contributed by atoms with E-state index >= 15 is 0 Å². The Morgan fingerprint density at radius 1 is 1.17 bits per heavy atom. The molecule has 3 aromatic rings. The van der Waals surface area contributed by atoms with Gasteiger partial charge in [-0.3, -0.25) is 4.79 Å². The minimum atomic E-state index is -0.160. The smallest absolute Gasteiger partial charge is 0.267 e. The van der Waals surface area contributed by atoms with Crippen LogP contribution in [0, 0.1) is 0 Å². The molecule has 24 heavy (non-hydrogen) atoms. The molecule has 0 fully saturated rings. The van der Waals surface area contributed by atoms with Gasteiger partial charge in [-0.1, -0.05) is 6.07 Å². The normalized spacial score (nSPS) is 10.6. The highest BCUT2D eigenvalue weighted by Crippen LogP contribution is 2.29. The molecule has 0 aliphatic heterocycles. The molecule has 0 spiro atoms. The number of nitrogens with one attached hydrogen (secondary N) is 1. The highest BCUT2D eigenvalue weighted by Gasteiger charge is 2.13. The SMILES string of the molecule is CCN(CC)c1ccc(NC(=O)c2cnc(-c3cccs3)s2)cn1. The third kappa shape index (κ3) is 3.63. The third-order valence-corrected chi connectivity index (χ3v) is 5.59. The largest absolute Gasteiger partial charge is 0.357 e. The fourth-order valence-electron chi connectivity index (χ4n) is 2.28. The lowest BCUT2D eigenvalue weighted by Gasteiger charge is -2.19. The first-order chi connectivity index (χ1) is 11.7. The Labute approximate surface area is 149 Å². The van der Waals surface area contributed by atoms with Crippen LogP contribution >= 0.6 is 22.7 Å². The molecule has 1 N–H and O–H groups in total. The zero-order chi connectivity index (χ0) is 16.9. The number of pyridine rings is 1. The van der Waals surface area contributed by atoms with Crippen molar-refractivity contribution >= 4 is 40.1 Å². The van der Waals surface area contributed by atoms with Crippen molar-refractivity contribution in [2.24, 2.45) is 0 Å². The molecule has 0 bridgehead atoms. The molecule has 1 amide bonds. The van der Waals surface area contributed by atoms with Crippen molar-refractivity contribution in [3.8, 4) is 9.88 Å². The highest BCUT2D eigenvalue weighted by molar-refractivity contribution is 7.22. The van der Waals surface area contributed by atoms with Gasteiger partial charge in [-0.25, -0.2) is 9.97 Å². The van der Waals surface area contributed by atoms with E-state index < -0.39 is 0 Å². The molecule has 124 valence electrons. The van der Waals surface area contributed by atoms with E-state index in [1.807, 2.05) is 29.6 Å². The maximum atomic E-state index is 12.4. The number of thiazole rings is 1. The Hall–Kier alpha value is -2.25. The number of carbonyl (C=O) groups is 1. The van der Waals surface area contributed by atoms with E-state index in [4.69, 9.17) is 0 Å². The van der Waals surface area contributed by atoms with Gasteiger partial charge in [0.05, 0.1) is 23.0 Å². The molecule has 0 radical (unpaired) electrons. The second kappa shape index (κ2) is 7.55. The molecule has 0 aliphatic rings. The summed E-state index contributed by atoms with van der Waals surface area (Å²) in [5.41, 5.74) is 0.682. The number of rotatable bonds is 6. The van der Waals surface area contributed by atoms with Gasteiger partial charge in [0.2, 0.25) is 0 Å². The number of thiophene rings is 1. The summed E-state index contributed by atoms with van der Waals surface area (Å²) in [6.45, 7) is 5.99. The van der Waals surface area contributed by atoms with Gasteiger partial charge in [0, 0.05) is 13.1 Å². The van der Waals surface area contributed by atoms with E-state index in [1.54, 1.807) is 23.7 Å². The Kier molecular flexibility index (Phi) is 5.22. The molecule has 3 rings (SSSR count). The lowest BCUT2D eigenvalue weighted by atomic mass is 10.3. The Morgan fingerprint density at radius 2 is 2.00 bits per heavy atom. The van der Waals surface area contributed by atoms with Crippen LogP contribution in [0.5, 0.6) is 0 Å². The maximum Gasteiger partial charge on any atom is 0.267 e.